The van der Waals surface area contributed by atoms with E-state index in [-0.39, 0.29) is 11.8 Å². The molecule has 0 saturated heterocycles. The molecule has 0 fully saturated rings. The van der Waals surface area contributed by atoms with Gasteiger partial charge in [-0.2, -0.15) is 5.10 Å². The number of rotatable bonds is 4. The molecule has 0 bridgehead atoms. The van der Waals surface area contributed by atoms with Gasteiger partial charge in [0.25, 0.3) is 0 Å². The Kier molecular flexibility index (Phi) is 4.42. The van der Waals surface area contributed by atoms with E-state index in [1.54, 1.807) is 18.0 Å². The molecule has 1 aromatic heterocycles. The lowest BCUT2D eigenvalue weighted by Crippen LogP contribution is -2.27. The van der Waals surface area contributed by atoms with Crippen molar-refractivity contribution in [1.82, 2.24) is 10.2 Å². The Labute approximate surface area is 156 Å². The molecule has 4 rings (SSSR count). The van der Waals surface area contributed by atoms with Crippen LogP contribution in [0.1, 0.15) is 12.5 Å². The van der Waals surface area contributed by atoms with Crippen LogP contribution in [0.3, 0.4) is 0 Å². The highest BCUT2D eigenvalue weighted by Crippen LogP contribution is 2.35. The lowest BCUT2D eigenvalue weighted by atomic mass is 9.93. The van der Waals surface area contributed by atoms with E-state index in [1.807, 2.05) is 49.6 Å². The minimum absolute atomic E-state index is 0.0230. The number of aromatic amines is 1. The smallest absolute Gasteiger partial charge is 0.227 e. The van der Waals surface area contributed by atoms with Gasteiger partial charge in [-0.1, -0.05) is 13.0 Å². The summed E-state index contributed by atoms with van der Waals surface area (Å²) in [5.74, 6) is 1.49. The molecule has 1 aliphatic rings. The molecule has 2 heterocycles. The molecule has 0 saturated carbocycles. The zero-order chi connectivity index (χ0) is 18.1. The molecular formula is C20H19N3O2S. The van der Waals surface area contributed by atoms with Crippen molar-refractivity contribution in [1.29, 1.82) is 0 Å². The van der Waals surface area contributed by atoms with Gasteiger partial charge in [-0.15, -0.1) is 11.8 Å². The second-order valence-electron chi connectivity index (χ2n) is 6.35. The van der Waals surface area contributed by atoms with Gasteiger partial charge in [-0.3, -0.25) is 9.89 Å². The minimum Gasteiger partial charge on any atom is -0.453 e. The van der Waals surface area contributed by atoms with Gasteiger partial charge in [0.05, 0.1) is 6.20 Å². The number of hydrogen-bond acceptors (Lipinski definition) is 4. The minimum atomic E-state index is -0.0230. The lowest BCUT2D eigenvalue weighted by Gasteiger charge is -2.22. The first-order valence-corrected chi connectivity index (χ1v) is 9.66. The van der Waals surface area contributed by atoms with E-state index >= 15 is 0 Å². The van der Waals surface area contributed by atoms with E-state index in [0.29, 0.717) is 5.75 Å². The topological polar surface area (TPSA) is 67.0 Å². The Hall–Kier alpha value is -2.73. The van der Waals surface area contributed by atoms with Gasteiger partial charge in [-0.25, -0.2) is 0 Å². The lowest BCUT2D eigenvalue weighted by molar-refractivity contribution is -0.119. The van der Waals surface area contributed by atoms with E-state index in [4.69, 9.17) is 4.74 Å². The highest BCUT2D eigenvalue weighted by Gasteiger charge is 2.23. The summed E-state index contributed by atoms with van der Waals surface area (Å²) in [6, 6.07) is 14.0. The summed E-state index contributed by atoms with van der Waals surface area (Å²) in [5.41, 5.74) is 3.82. The molecular weight excluding hydrogens is 346 g/mol. The molecule has 2 N–H and O–H groups in total. The summed E-state index contributed by atoms with van der Waals surface area (Å²) in [4.78, 5) is 13.0. The highest BCUT2D eigenvalue weighted by molar-refractivity contribution is 7.98. The van der Waals surface area contributed by atoms with Crippen LogP contribution in [0.5, 0.6) is 11.5 Å². The Bertz CT molecular complexity index is 950. The first-order valence-electron chi connectivity index (χ1n) is 8.43. The Balaban J connectivity index is 1.62. The molecule has 1 atom stereocenters. The summed E-state index contributed by atoms with van der Waals surface area (Å²) in [6.45, 7) is 1.94. The average molecular weight is 365 g/mol. The van der Waals surface area contributed by atoms with E-state index < -0.39 is 0 Å². The number of anilines is 1. The van der Waals surface area contributed by atoms with Crippen LogP contribution < -0.4 is 10.1 Å². The quantitative estimate of drug-likeness (QED) is 0.657. The maximum Gasteiger partial charge on any atom is 0.227 e. The number of fused-ring (bicyclic) bond motifs is 1. The molecule has 6 heteroatoms. The summed E-state index contributed by atoms with van der Waals surface area (Å²) in [6.07, 6.45) is 4.46. The monoisotopic (exact) mass is 365 g/mol. The number of H-pyrrole nitrogens is 1. The van der Waals surface area contributed by atoms with Crippen molar-refractivity contribution in [2.24, 2.45) is 5.92 Å². The first-order chi connectivity index (χ1) is 12.6. The van der Waals surface area contributed by atoms with Gasteiger partial charge < -0.3 is 10.1 Å². The van der Waals surface area contributed by atoms with Gasteiger partial charge >= 0.3 is 0 Å². The van der Waals surface area contributed by atoms with Gasteiger partial charge in [0.15, 0.2) is 5.75 Å². The number of ether oxygens (including phenoxy) is 1. The molecule has 1 amide bonds. The number of aromatic nitrogens is 2. The zero-order valence-corrected chi connectivity index (χ0v) is 15.4. The van der Waals surface area contributed by atoms with Crippen molar-refractivity contribution in [2.75, 3.05) is 11.6 Å². The third-order valence-corrected chi connectivity index (χ3v) is 5.26. The van der Waals surface area contributed by atoms with Crippen molar-refractivity contribution in [3.05, 3.63) is 54.2 Å². The van der Waals surface area contributed by atoms with E-state index in [0.717, 1.165) is 34.7 Å². The second-order valence-corrected chi connectivity index (χ2v) is 7.23. The predicted molar refractivity (Wildman–Crippen MR) is 104 cm³/mol. The van der Waals surface area contributed by atoms with Gasteiger partial charge in [0.2, 0.25) is 5.91 Å². The number of carbonyl (C=O) groups excluding carboxylic acids is 1. The Morgan fingerprint density at radius 1 is 1.19 bits per heavy atom. The van der Waals surface area contributed by atoms with Crippen LogP contribution in [-0.2, 0) is 11.2 Å². The molecule has 2 aromatic carbocycles. The van der Waals surface area contributed by atoms with Crippen LogP contribution in [0.4, 0.5) is 5.69 Å². The van der Waals surface area contributed by atoms with Crippen molar-refractivity contribution in [3.63, 3.8) is 0 Å². The third-order valence-electron chi connectivity index (χ3n) is 4.52. The number of thioether (sulfide) groups is 1. The number of nitrogens with zero attached hydrogens (tertiary/aromatic N) is 1. The van der Waals surface area contributed by atoms with Crippen molar-refractivity contribution < 1.29 is 9.53 Å². The standard InChI is InChI=1S/C20H19N3O2S/c1-12-9-14-10-13(3-8-17(14)22-20(12)24)19-18(11-21-23-19)25-15-4-6-16(26-2)7-5-15/h3-8,10-12H,9H2,1-2H3,(H,21,23)(H,22,24). The molecule has 132 valence electrons. The number of benzene rings is 2. The highest BCUT2D eigenvalue weighted by atomic mass is 32.2. The summed E-state index contributed by atoms with van der Waals surface area (Å²) < 4.78 is 6.01. The molecule has 0 radical (unpaired) electrons. The molecule has 1 aliphatic heterocycles. The SMILES string of the molecule is CSc1ccc(Oc2cn[nH]c2-c2ccc3c(c2)CC(C)C(=O)N3)cc1. The zero-order valence-electron chi connectivity index (χ0n) is 14.6. The molecule has 0 aliphatic carbocycles. The van der Waals surface area contributed by atoms with Crippen molar-refractivity contribution in [2.45, 2.75) is 18.2 Å². The van der Waals surface area contributed by atoms with Crippen molar-refractivity contribution in [3.8, 4) is 22.8 Å². The average Bonchev–Trinajstić information content (AvgIpc) is 3.11. The first kappa shape index (κ1) is 16.7. The van der Waals surface area contributed by atoms with Gasteiger partial charge in [0.1, 0.15) is 11.4 Å². The summed E-state index contributed by atoms with van der Waals surface area (Å²) in [5, 5.41) is 10.1. The van der Waals surface area contributed by atoms with Crippen molar-refractivity contribution >= 4 is 23.4 Å². The number of nitrogens with one attached hydrogen (secondary N) is 2. The van der Waals surface area contributed by atoms with Crippen LogP contribution in [0, 0.1) is 5.92 Å². The largest absolute Gasteiger partial charge is 0.453 e. The van der Waals surface area contributed by atoms with Crippen LogP contribution in [0.15, 0.2) is 53.6 Å². The molecule has 3 aromatic rings. The Morgan fingerprint density at radius 3 is 2.77 bits per heavy atom. The predicted octanol–water partition coefficient (Wildman–Crippen LogP) is 4.72. The van der Waals surface area contributed by atoms with Crippen LogP contribution in [-0.4, -0.2) is 22.4 Å². The molecule has 5 nitrogen and oxygen atoms in total. The van der Waals surface area contributed by atoms with E-state index in [9.17, 15) is 4.79 Å². The molecule has 26 heavy (non-hydrogen) atoms. The van der Waals surface area contributed by atoms with Crippen LogP contribution in [0.25, 0.3) is 11.3 Å². The van der Waals surface area contributed by atoms with Gasteiger partial charge in [0, 0.05) is 22.1 Å². The Morgan fingerprint density at radius 2 is 2.00 bits per heavy atom. The third kappa shape index (κ3) is 3.20. The fourth-order valence-electron chi connectivity index (χ4n) is 3.05. The molecule has 1 unspecified atom stereocenters. The van der Waals surface area contributed by atoms with Crippen LogP contribution >= 0.6 is 11.8 Å². The van der Waals surface area contributed by atoms with Crippen LogP contribution in [0.2, 0.25) is 0 Å². The number of carbonyl (C=O) groups is 1. The van der Waals surface area contributed by atoms with Gasteiger partial charge in [-0.05, 0) is 54.6 Å². The van der Waals surface area contributed by atoms with E-state index in [2.05, 4.69) is 21.6 Å². The number of hydrogen-bond donors (Lipinski definition) is 2. The summed E-state index contributed by atoms with van der Waals surface area (Å²) in [7, 11) is 0. The fourth-order valence-corrected chi connectivity index (χ4v) is 3.46. The normalized spacial score (nSPS) is 16.1. The van der Waals surface area contributed by atoms with E-state index in [1.165, 1.54) is 4.90 Å². The molecule has 0 spiro atoms. The second kappa shape index (κ2) is 6.88. The summed E-state index contributed by atoms with van der Waals surface area (Å²) >= 11 is 1.69. The fraction of sp³-hybridized carbons (Fsp3) is 0.200. The maximum atomic E-state index is 11.8. The number of amides is 1. The maximum absolute atomic E-state index is 11.8.